The van der Waals surface area contributed by atoms with Crippen LogP contribution in [0.25, 0.3) is 0 Å². The molecule has 1 aliphatic heterocycles. The fourth-order valence-corrected chi connectivity index (χ4v) is 4.30. The topological polar surface area (TPSA) is 0 Å². The van der Waals surface area contributed by atoms with E-state index in [1.165, 1.54) is 29.1 Å². The van der Waals surface area contributed by atoms with Gasteiger partial charge < -0.3 is 0 Å². The van der Waals surface area contributed by atoms with Crippen molar-refractivity contribution in [2.75, 3.05) is 11.5 Å². The summed E-state index contributed by atoms with van der Waals surface area (Å²) in [6.45, 7) is 2.14. The number of aryl methyl sites for hydroxylation is 1. The second-order valence-corrected chi connectivity index (χ2v) is 6.06. The molecule has 2 heteroatoms. The zero-order valence-electron chi connectivity index (χ0n) is 7.82. The SMILES string of the molecule is Cc1ccc(C2SCCCS2)cc1. The zero-order chi connectivity index (χ0) is 9.10. The van der Waals surface area contributed by atoms with Gasteiger partial charge in [-0.15, -0.1) is 23.5 Å². The minimum absolute atomic E-state index is 0.689. The van der Waals surface area contributed by atoms with E-state index < -0.39 is 0 Å². The molecule has 1 saturated heterocycles. The summed E-state index contributed by atoms with van der Waals surface area (Å²) in [5, 5.41) is 0. The fourth-order valence-electron chi connectivity index (χ4n) is 1.40. The quantitative estimate of drug-likeness (QED) is 0.690. The van der Waals surface area contributed by atoms with Crippen LogP contribution in [0.15, 0.2) is 24.3 Å². The van der Waals surface area contributed by atoms with Gasteiger partial charge >= 0.3 is 0 Å². The lowest BCUT2D eigenvalue weighted by atomic mass is 10.2. The number of thioether (sulfide) groups is 2. The smallest absolute Gasteiger partial charge is 0.0751 e. The maximum Gasteiger partial charge on any atom is 0.0751 e. The van der Waals surface area contributed by atoms with E-state index in [1.54, 1.807) is 0 Å². The Hall–Kier alpha value is -0.0800. The summed E-state index contributed by atoms with van der Waals surface area (Å²) in [6, 6.07) is 8.97. The van der Waals surface area contributed by atoms with Crippen molar-refractivity contribution in [2.24, 2.45) is 0 Å². The van der Waals surface area contributed by atoms with Crippen molar-refractivity contribution < 1.29 is 0 Å². The van der Waals surface area contributed by atoms with E-state index in [1.807, 2.05) is 0 Å². The molecule has 1 aromatic rings. The largest absolute Gasteiger partial charge is 0.143 e. The third kappa shape index (κ3) is 2.44. The molecule has 0 atom stereocenters. The van der Waals surface area contributed by atoms with Crippen LogP contribution in [0.5, 0.6) is 0 Å². The Kier molecular flexibility index (Phi) is 3.23. The van der Waals surface area contributed by atoms with Crippen LogP contribution in [-0.2, 0) is 0 Å². The van der Waals surface area contributed by atoms with Crippen LogP contribution in [0, 0.1) is 6.92 Å². The lowest BCUT2D eigenvalue weighted by Gasteiger charge is -2.21. The van der Waals surface area contributed by atoms with Crippen molar-refractivity contribution in [3.8, 4) is 0 Å². The van der Waals surface area contributed by atoms with Crippen molar-refractivity contribution in [3.05, 3.63) is 35.4 Å². The highest BCUT2D eigenvalue weighted by atomic mass is 32.2. The van der Waals surface area contributed by atoms with Gasteiger partial charge in [0.2, 0.25) is 0 Å². The van der Waals surface area contributed by atoms with Crippen molar-refractivity contribution in [1.82, 2.24) is 0 Å². The van der Waals surface area contributed by atoms with E-state index in [2.05, 4.69) is 54.7 Å². The minimum Gasteiger partial charge on any atom is -0.143 e. The maximum absolute atomic E-state index is 2.27. The maximum atomic E-state index is 2.27. The van der Waals surface area contributed by atoms with Crippen LogP contribution >= 0.6 is 23.5 Å². The zero-order valence-corrected chi connectivity index (χ0v) is 9.46. The van der Waals surface area contributed by atoms with Gasteiger partial charge in [-0.2, -0.15) is 0 Å². The monoisotopic (exact) mass is 210 g/mol. The van der Waals surface area contributed by atoms with Gasteiger partial charge in [-0.1, -0.05) is 29.8 Å². The van der Waals surface area contributed by atoms with Crippen LogP contribution in [0.4, 0.5) is 0 Å². The van der Waals surface area contributed by atoms with Gasteiger partial charge in [-0.3, -0.25) is 0 Å². The summed E-state index contributed by atoms with van der Waals surface area (Å²) in [5.74, 6) is 2.65. The molecule has 0 nitrogen and oxygen atoms in total. The summed E-state index contributed by atoms with van der Waals surface area (Å²) in [4.78, 5) is 0. The lowest BCUT2D eigenvalue weighted by Crippen LogP contribution is -1.99. The number of benzene rings is 1. The molecular weight excluding hydrogens is 196 g/mol. The van der Waals surface area contributed by atoms with Gasteiger partial charge in [-0.05, 0) is 30.4 Å². The Labute approximate surface area is 88.5 Å². The molecule has 0 bridgehead atoms. The number of hydrogen-bond donors (Lipinski definition) is 0. The highest BCUT2D eigenvalue weighted by Gasteiger charge is 2.15. The molecule has 0 radical (unpaired) electrons. The molecule has 1 aromatic carbocycles. The van der Waals surface area contributed by atoms with Gasteiger partial charge in [-0.25, -0.2) is 0 Å². The van der Waals surface area contributed by atoms with E-state index in [9.17, 15) is 0 Å². The van der Waals surface area contributed by atoms with Gasteiger partial charge in [0.1, 0.15) is 0 Å². The normalized spacial score (nSPS) is 18.8. The summed E-state index contributed by atoms with van der Waals surface area (Å²) < 4.78 is 0.689. The Balaban J connectivity index is 2.10. The molecule has 1 aliphatic rings. The van der Waals surface area contributed by atoms with Crippen LogP contribution in [-0.4, -0.2) is 11.5 Å². The van der Waals surface area contributed by atoms with Gasteiger partial charge in [0.25, 0.3) is 0 Å². The molecule has 0 unspecified atom stereocenters. The molecular formula is C11H14S2. The van der Waals surface area contributed by atoms with Crippen LogP contribution < -0.4 is 0 Å². The highest BCUT2D eigenvalue weighted by molar-refractivity contribution is 8.16. The predicted octanol–water partition coefficient (Wildman–Crippen LogP) is 3.86. The third-order valence-electron chi connectivity index (χ3n) is 2.18. The number of rotatable bonds is 1. The van der Waals surface area contributed by atoms with E-state index in [-0.39, 0.29) is 0 Å². The first-order chi connectivity index (χ1) is 6.36. The minimum atomic E-state index is 0.689. The van der Waals surface area contributed by atoms with Crippen LogP contribution in [0.3, 0.4) is 0 Å². The molecule has 70 valence electrons. The first-order valence-corrected chi connectivity index (χ1v) is 6.76. The Morgan fingerprint density at radius 2 is 1.69 bits per heavy atom. The van der Waals surface area contributed by atoms with Crippen molar-refractivity contribution in [1.29, 1.82) is 0 Å². The van der Waals surface area contributed by atoms with Crippen LogP contribution in [0.1, 0.15) is 22.1 Å². The lowest BCUT2D eigenvalue weighted by molar-refractivity contribution is 1.10. The fraction of sp³-hybridized carbons (Fsp3) is 0.455. The van der Waals surface area contributed by atoms with E-state index >= 15 is 0 Å². The predicted molar refractivity (Wildman–Crippen MR) is 63.5 cm³/mol. The standard InChI is InChI=1S/C11H14S2/c1-9-3-5-10(6-4-9)11-12-7-2-8-13-11/h3-6,11H,2,7-8H2,1H3. The van der Waals surface area contributed by atoms with E-state index in [4.69, 9.17) is 0 Å². The molecule has 0 spiro atoms. The molecule has 1 fully saturated rings. The molecule has 13 heavy (non-hydrogen) atoms. The summed E-state index contributed by atoms with van der Waals surface area (Å²) in [6.07, 6.45) is 1.37. The molecule has 1 heterocycles. The highest BCUT2D eigenvalue weighted by Crippen LogP contribution is 2.43. The van der Waals surface area contributed by atoms with Crippen molar-refractivity contribution >= 4 is 23.5 Å². The number of hydrogen-bond acceptors (Lipinski definition) is 2. The summed E-state index contributed by atoms with van der Waals surface area (Å²) >= 11 is 4.17. The first-order valence-electron chi connectivity index (χ1n) is 4.66. The summed E-state index contributed by atoms with van der Waals surface area (Å²) in [5.41, 5.74) is 2.84. The van der Waals surface area contributed by atoms with Crippen LogP contribution in [0.2, 0.25) is 0 Å². The molecule has 0 N–H and O–H groups in total. The molecule has 0 aliphatic carbocycles. The van der Waals surface area contributed by atoms with E-state index in [0.717, 1.165) is 0 Å². The summed E-state index contributed by atoms with van der Waals surface area (Å²) in [7, 11) is 0. The Morgan fingerprint density at radius 1 is 1.08 bits per heavy atom. The molecule has 0 aromatic heterocycles. The first kappa shape index (κ1) is 9.47. The second kappa shape index (κ2) is 4.43. The Morgan fingerprint density at radius 3 is 2.31 bits per heavy atom. The third-order valence-corrected chi connectivity index (χ3v) is 5.19. The Bertz CT molecular complexity index is 260. The van der Waals surface area contributed by atoms with Crippen molar-refractivity contribution in [2.45, 2.75) is 17.9 Å². The van der Waals surface area contributed by atoms with Crippen molar-refractivity contribution in [3.63, 3.8) is 0 Å². The average Bonchev–Trinajstić information content (AvgIpc) is 2.20. The second-order valence-electron chi connectivity index (χ2n) is 3.34. The molecule has 0 amide bonds. The molecule has 2 rings (SSSR count). The molecule has 0 saturated carbocycles. The van der Waals surface area contributed by atoms with E-state index in [0.29, 0.717) is 4.58 Å². The average molecular weight is 210 g/mol. The van der Waals surface area contributed by atoms with Gasteiger partial charge in [0.15, 0.2) is 0 Å². The van der Waals surface area contributed by atoms with Gasteiger partial charge in [0.05, 0.1) is 4.58 Å². The van der Waals surface area contributed by atoms with Gasteiger partial charge in [0, 0.05) is 0 Å².